The van der Waals surface area contributed by atoms with Gasteiger partial charge < -0.3 is 18.6 Å². The number of carbonyl (C=O) groups is 1. The summed E-state index contributed by atoms with van der Waals surface area (Å²) in [7, 11) is -1.55. The smallest absolute Gasteiger partial charge is 0.338 e. The van der Waals surface area contributed by atoms with Crippen molar-refractivity contribution < 1.29 is 23.4 Å². The van der Waals surface area contributed by atoms with E-state index in [4.69, 9.17) is 18.6 Å². The summed E-state index contributed by atoms with van der Waals surface area (Å²) >= 11 is 0. The van der Waals surface area contributed by atoms with Crippen molar-refractivity contribution in [2.75, 3.05) is 19.8 Å². The summed E-state index contributed by atoms with van der Waals surface area (Å²) in [5.74, 6) is 2.67. The quantitative estimate of drug-likeness (QED) is 0.260. The Morgan fingerprint density at radius 2 is 1.68 bits per heavy atom. The van der Waals surface area contributed by atoms with Crippen molar-refractivity contribution in [3.63, 3.8) is 0 Å². The topological polar surface area (TPSA) is 54.0 Å². The van der Waals surface area contributed by atoms with Crippen molar-refractivity contribution in [2.24, 2.45) is 46.3 Å². The molecule has 4 aliphatic carbocycles. The van der Waals surface area contributed by atoms with Crippen molar-refractivity contribution in [1.29, 1.82) is 0 Å². The molecule has 1 aromatic carbocycles. The molecule has 6 rings (SSSR count). The molecule has 0 aromatic heterocycles. The summed E-state index contributed by atoms with van der Waals surface area (Å²) in [6, 6.07) is 9.60. The molecule has 1 aromatic rings. The molecule has 1 spiro atoms. The zero-order valence-electron chi connectivity index (χ0n) is 25.7. The average molecular weight is 569 g/mol. The van der Waals surface area contributed by atoms with Gasteiger partial charge in [0.25, 0.3) is 0 Å². The van der Waals surface area contributed by atoms with E-state index >= 15 is 0 Å². The van der Waals surface area contributed by atoms with E-state index in [1.165, 1.54) is 25.7 Å². The SMILES string of the molecule is CC(CO[Si](C)(C)C)[C@H]1CCC2C3C(CC[C@@]21C)[C@@]1(C)CCC2(C[C@@H]1C[C@H]3OC(=O)c1ccccc1)OCCO2. The van der Waals surface area contributed by atoms with Gasteiger partial charge in [0, 0.05) is 25.4 Å². The molecule has 0 amide bonds. The number of rotatable bonds is 6. The van der Waals surface area contributed by atoms with E-state index in [2.05, 4.69) is 40.4 Å². The van der Waals surface area contributed by atoms with Crippen LogP contribution in [-0.2, 0) is 18.6 Å². The van der Waals surface area contributed by atoms with Crippen LogP contribution in [0.4, 0.5) is 0 Å². The standard InChI is InChI=1S/C34H52O5Si/c1-23(22-38-40(4,5)6)26-12-13-27-30-28(14-15-33(26,27)3)32(2)16-17-34(36-18-19-37-34)21-25(32)20-29(30)39-31(35)24-10-8-7-9-11-24/h7-11,23,25-30H,12-22H2,1-6H3/t23?,25-,26+,27?,28?,29+,30?,32-,33+/m0/s1. The summed E-state index contributed by atoms with van der Waals surface area (Å²) in [5, 5.41) is 0. The lowest BCUT2D eigenvalue weighted by atomic mass is 9.43. The second-order valence-electron chi connectivity index (χ2n) is 15.5. The Kier molecular flexibility index (Phi) is 7.58. The molecule has 1 saturated heterocycles. The molecule has 4 unspecified atom stereocenters. The zero-order valence-corrected chi connectivity index (χ0v) is 26.7. The fourth-order valence-corrected chi connectivity index (χ4v) is 11.0. The van der Waals surface area contributed by atoms with Crippen molar-refractivity contribution in [3.8, 4) is 0 Å². The average Bonchev–Trinajstić information content (AvgIpc) is 3.52. The number of benzene rings is 1. The first kappa shape index (κ1) is 28.9. The fraction of sp³-hybridized carbons (Fsp3) is 0.794. The van der Waals surface area contributed by atoms with Crippen LogP contribution in [0.2, 0.25) is 19.6 Å². The molecule has 40 heavy (non-hydrogen) atoms. The minimum atomic E-state index is -1.55. The van der Waals surface area contributed by atoms with Crippen LogP contribution in [-0.4, -0.2) is 46.0 Å². The van der Waals surface area contributed by atoms with Gasteiger partial charge in [0.15, 0.2) is 14.1 Å². The van der Waals surface area contributed by atoms with Crippen LogP contribution in [0.25, 0.3) is 0 Å². The van der Waals surface area contributed by atoms with Crippen molar-refractivity contribution >= 4 is 14.3 Å². The van der Waals surface area contributed by atoms with Gasteiger partial charge in [0.05, 0.1) is 18.8 Å². The molecule has 0 bridgehead atoms. The fourth-order valence-electron chi connectivity index (χ4n) is 10.3. The molecule has 5 aliphatic rings. The van der Waals surface area contributed by atoms with Crippen LogP contribution >= 0.6 is 0 Å². The molecule has 1 aliphatic heterocycles. The lowest BCUT2D eigenvalue weighted by Crippen LogP contribution is -2.61. The van der Waals surface area contributed by atoms with Gasteiger partial charge in [-0.25, -0.2) is 4.79 Å². The van der Waals surface area contributed by atoms with Gasteiger partial charge in [-0.3, -0.25) is 0 Å². The van der Waals surface area contributed by atoms with Crippen molar-refractivity contribution in [1.82, 2.24) is 0 Å². The third kappa shape index (κ3) is 5.03. The van der Waals surface area contributed by atoms with E-state index in [0.717, 1.165) is 32.3 Å². The molecule has 5 nitrogen and oxygen atoms in total. The first-order valence-electron chi connectivity index (χ1n) is 16.1. The minimum Gasteiger partial charge on any atom is -0.458 e. The first-order chi connectivity index (χ1) is 18.9. The Balaban J connectivity index is 1.29. The summed E-state index contributed by atoms with van der Waals surface area (Å²) in [6.45, 7) is 16.7. The summed E-state index contributed by atoms with van der Waals surface area (Å²) in [5.41, 5.74) is 1.18. The minimum absolute atomic E-state index is 0.0516. The Bertz CT molecular complexity index is 1060. The lowest BCUT2D eigenvalue weighted by molar-refractivity contribution is -0.242. The van der Waals surface area contributed by atoms with Crippen molar-refractivity contribution in [2.45, 2.75) is 104 Å². The Morgan fingerprint density at radius 3 is 2.38 bits per heavy atom. The van der Waals surface area contributed by atoms with E-state index in [0.29, 0.717) is 54.3 Å². The number of esters is 1. The second kappa shape index (κ2) is 10.5. The maximum Gasteiger partial charge on any atom is 0.338 e. The van der Waals surface area contributed by atoms with Crippen LogP contribution in [0, 0.1) is 46.3 Å². The van der Waals surface area contributed by atoms with E-state index in [9.17, 15) is 4.79 Å². The molecule has 0 N–H and O–H groups in total. The highest BCUT2D eigenvalue weighted by atomic mass is 28.4. The predicted molar refractivity (Wildman–Crippen MR) is 159 cm³/mol. The number of hydrogen-bond donors (Lipinski definition) is 0. The van der Waals surface area contributed by atoms with Gasteiger partial charge in [-0.15, -0.1) is 0 Å². The van der Waals surface area contributed by atoms with E-state index in [-0.39, 0.29) is 22.9 Å². The summed E-state index contributed by atoms with van der Waals surface area (Å²) in [4.78, 5) is 13.5. The van der Waals surface area contributed by atoms with Gasteiger partial charge in [-0.05, 0) is 111 Å². The Morgan fingerprint density at radius 1 is 0.975 bits per heavy atom. The molecule has 222 valence electrons. The highest BCUT2D eigenvalue weighted by Crippen LogP contribution is 2.69. The number of ether oxygens (including phenoxy) is 3. The van der Waals surface area contributed by atoms with Gasteiger partial charge in [-0.1, -0.05) is 39.0 Å². The van der Waals surface area contributed by atoms with Gasteiger partial charge in [-0.2, -0.15) is 0 Å². The van der Waals surface area contributed by atoms with Gasteiger partial charge >= 0.3 is 5.97 Å². The van der Waals surface area contributed by atoms with Crippen LogP contribution in [0.1, 0.15) is 82.5 Å². The molecule has 6 heteroatoms. The van der Waals surface area contributed by atoms with Crippen LogP contribution < -0.4 is 0 Å². The highest BCUT2D eigenvalue weighted by molar-refractivity contribution is 6.69. The normalized spacial score (nSPS) is 41.1. The van der Waals surface area contributed by atoms with E-state index < -0.39 is 14.1 Å². The van der Waals surface area contributed by atoms with Crippen molar-refractivity contribution in [3.05, 3.63) is 35.9 Å². The van der Waals surface area contributed by atoms with Crippen LogP contribution in [0.5, 0.6) is 0 Å². The highest BCUT2D eigenvalue weighted by Gasteiger charge is 2.65. The largest absolute Gasteiger partial charge is 0.458 e. The number of fused-ring (bicyclic) bond motifs is 5. The maximum atomic E-state index is 13.5. The molecule has 9 atom stereocenters. The number of carbonyl (C=O) groups excluding carboxylic acids is 1. The molecule has 4 saturated carbocycles. The summed E-state index contributed by atoms with van der Waals surface area (Å²) in [6.07, 6.45) is 8.97. The Hall–Kier alpha value is -1.21. The lowest BCUT2D eigenvalue weighted by Gasteiger charge is -2.63. The summed E-state index contributed by atoms with van der Waals surface area (Å²) < 4.78 is 25.5. The zero-order chi connectivity index (χ0) is 28.3. The molecular formula is C34H52O5Si. The monoisotopic (exact) mass is 568 g/mol. The third-order valence-electron chi connectivity index (χ3n) is 12.3. The molecular weight excluding hydrogens is 516 g/mol. The first-order valence-corrected chi connectivity index (χ1v) is 19.5. The predicted octanol–water partition coefficient (Wildman–Crippen LogP) is 7.71. The van der Waals surface area contributed by atoms with Gasteiger partial charge in [0.2, 0.25) is 0 Å². The third-order valence-corrected chi connectivity index (χ3v) is 13.3. The van der Waals surface area contributed by atoms with Crippen LogP contribution in [0.15, 0.2) is 30.3 Å². The second-order valence-corrected chi connectivity index (χ2v) is 20.0. The molecule has 1 heterocycles. The molecule has 5 fully saturated rings. The molecule has 0 radical (unpaired) electrons. The van der Waals surface area contributed by atoms with Gasteiger partial charge in [0.1, 0.15) is 6.10 Å². The van der Waals surface area contributed by atoms with Crippen LogP contribution in [0.3, 0.4) is 0 Å². The Labute approximate surface area is 243 Å². The van der Waals surface area contributed by atoms with E-state index in [1.54, 1.807) is 0 Å². The van der Waals surface area contributed by atoms with E-state index in [1.807, 2.05) is 30.3 Å². The number of hydrogen-bond acceptors (Lipinski definition) is 5. The maximum absolute atomic E-state index is 13.5.